The van der Waals surface area contributed by atoms with Gasteiger partial charge in [0.15, 0.2) is 0 Å². The van der Waals surface area contributed by atoms with Crippen molar-refractivity contribution in [3.63, 3.8) is 0 Å². The lowest BCUT2D eigenvalue weighted by Crippen LogP contribution is -2.47. The SMILES string of the molecule is CC(=O)N1CCO[C@H](CNc2ccc3cccc(Cl)c3n2)C1. The van der Waals surface area contributed by atoms with Gasteiger partial charge in [-0.05, 0) is 18.2 Å². The number of morpholine rings is 1. The molecule has 0 spiro atoms. The summed E-state index contributed by atoms with van der Waals surface area (Å²) in [5, 5.41) is 4.91. The largest absolute Gasteiger partial charge is 0.373 e. The van der Waals surface area contributed by atoms with Crippen LogP contribution < -0.4 is 5.32 Å². The summed E-state index contributed by atoms with van der Waals surface area (Å²) in [4.78, 5) is 17.8. The Balaban J connectivity index is 1.66. The maximum Gasteiger partial charge on any atom is 0.219 e. The average molecular weight is 320 g/mol. The van der Waals surface area contributed by atoms with Crippen molar-refractivity contribution < 1.29 is 9.53 Å². The Morgan fingerprint density at radius 2 is 2.32 bits per heavy atom. The van der Waals surface area contributed by atoms with Gasteiger partial charge in [0, 0.05) is 31.9 Å². The first-order valence-corrected chi connectivity index (χ1v) is 7.67. The van der Waals surface area contributed by atoms with E-state index in [1.54, 1.807) is 11.8 Å². The maximum absolute atomic E-state index is 11.4. The summed E-state index contributed by atoms with van der Waals surface area (Å²) in [6, 6.07) is 9.62. The highest BCUT2D eigenvalue weighted by atomic mass is 35.5. The molecule has 5 nitrogen and oxygen atoms in total. The zero-order valence-electron chi connectivity index (χ0n) is 12.4. The van der Waals surface area contributed by atoms with Crippen molar-refractivity contribution in [2.75, 3.05) is 31.6 Å². The zero-order chi connectivity index (χ0) is 15.5. The fourth-order valence-electron chi connectivity index (χ4n) is 2.56. The van der Waals surface area contributed by atoms with E-state index in [0.29, 0.717) is 31.3 Å². The first-order chi connectivity index (χ1) is 10.6. The van der Waals surface area contributed by atoms with Gasteiger partial charge < -0.3 is 15.0 Å². The van der Waals surface area contributed by atoms with Crippen molar-refractivity contribution in [3.05, 3.63) is 35.4 Å². The maximum atomic E-state index is 11.4. The van der Waals surface area contributed by atoms with E-state index in [-0.39, 0.29) is 12.0 Å². The van der Waals surface area contributed by atoms with Gasteiger partial charge in [-0.1, -0.05) is 23.7 Å². The average Bonchev–Trinajstić information content (AvgIpc) is 2.54. The van der Waals surface area contributed by atoms with E-state index in [2.05, 4.69) is 10.3 Å². The van der Waals surface area contributed by atoms with Crippen molar-refractivity contribution in [1.29, 1.82) is 0 Å². The van der Waals surface area contributed by atoms with Crippen LogP contribution in [0.2, 0.25) is 5.02 Å². The second-order valence-corrected chi connectivity index (χ2v) is 5.75. The van der Waals surface area contributed by atoms with Crippen LogP contribution >= 0.6 is 11.6 Å². The van der Waals surface area contributed by atoms with Gasteiger partial charge in [-0.25, -0.2) is 4.98 Å². The van der Waals surface area contributed by atoms with Crippen LogP contribution in [-0.2, 0) is 9.53 Å². The van der Waals surface area contributed by atoms with E-state index >= 15 is 0 Å². The molecule has 1 fully saturated rings. The Labute approximate surface area is 134 Å². The summed E-state index contributed by atoms with van der Waals surface area (Å²) in [5.74, 6) is 0.841. The number of nitrogens with one attached hydrogen (secondary N) is 1. The van der Waals surface area contributed by atoms with Crippen LogP contribution in [0.4, 0.5) is 5.82 Å². The van der Waals surface area contributed by atoms with Crippen molar-refractivity contribution in [3.8, 4) is 0 Å². The van der Waals surface area contributed by atoms with Gasteiger partial charge in [0.2, 0.25) is 5.91 Å². The molecule has 1 aromatic heterocycles. The Morgan fingerprint density at radius 3 is 3.14 bits per heavy atom. The predicted molar refractivity (Wildman–Crippen MR) is 87.2 cm³/mol. The second kappa shape index (κ2) is 6.50. The minimum absolute atomic E-state index is 0.0265. The number of hydrogen-bond donors (Lipinski definition) is 1. The number of halogens is 1. The molecule has 1 amide bonds. The number of carbonyl (C=O) groups excluding carboxylic acids is 1. The summed E-state index contributed by atoms with van der Waals surface area (Å²) in [6.07, 6.45) is -0.0265. The minimum atomic E-state index is -0.0265. The molecule has 2 aromatic rings. The number of carbonyl (C=O) groups is 1. The molecule has 1 atom stereocenters. The van der Waals surface area contributed by atoms with Crippen LogP contribution in [0.3, 0.4) is 0 Å². The molecule has 6 heteroatoms. The predicted octanol–water partition coefficient (Wildman–Crippen LogP) is 2.55. The van der Waals surface area contributed by atoms with E-state index in [0.717, 1.165) is 16.7 Å². The summed E-state index contributed by atoms with van der Waals surface area (Å²) in [6.45, 7) is 4.03. The third-order valence-corrected chi connectivity index (χ3v) is 4.07. The molecule has 0 saturated carbocycles. The number of benzene rings is 1. The van der Waals surface area contributed by atoms with Crippen molar-refractivity contribution >= 4 is 34.2 Å². The topological polar surface area (TPSA) is 54.5 Å². The number of nitrogens with zero attached hydrogens (tertiary/aromatic N) is 2. The highest BCUT2D eigenvalue weighted by Gasteiger charge is 2.21. The molecule has 0 radical (unpaired) electrons. The van der Waals surface area contributed by atoms with Crippen molar-refractivity contribution in [2.45, 2.75) is 13.0 Å². The van der Waals surface area contributed by atoms with Gasteiger partial charge in [0.1, 0.15) is 5.82 Å². The number of anilines is 1. The zero-order valence-corrected chi connectivity index (χ0v) is 13.1. The van der Waals surface area contributed by atoms with Gasteiger partial charge in [0.25, 0.3) is 0 Å². The lowest BCUT2D eigenvalue weighted by Gasteiger charge is -2.32. The molecule has 116 valence electrons. The van der Waals surface area contributed by atoms with E-state index in [9.17, 15) is 4.79 Å². The number of ether oxygens (including phenoxy) is 1. The minimum Gasteiger partial charge on any atom is -0.373 e. The number of hydrogen-bond acceptors (Lipinski definition) is 4. The highest BCUT2D eigenvalue weighted by Crippen LogP contribution is 2.23. The summed E-state index contributed by atoms with van der Waals surface area (Å²) in [5.41, 5.74) is 0.782. The lowest BCUT2D eigenvalue weighted by molar-refractivity contribution is -0.135. The van der Waals surface area contributed by atoms with Crippen LogP contribution in [0.5, 0.6) is 0 Å². The molecule has 1 aliphatic heterocycles. The molecule has 1 aromatic carbocycles. The smallest absolute Gasteiger partial charge is 0.219 e. The number of para-hydroxylation sites is 1. The van der Waals surface area contributed by atoms with Gasteiger partial charge in [-0.2, -0.15) is 0 Å². The van der Waals surface area contributed by atoms with E-state index in [1.807, 2.05) is 30.3 Å². The quantitative estimate of drug-likeness (QED) is 0.944. The Bertz CT molecular complexity index is 692. The number of rotatable bonds is 3. The van der Waals surface area contributed by atoms with Crippen molar-refractivity contribution in [2.24, 2.45) is 0 Å². The summed E-state index contributed by atoms with van der Waals surface area (Å²) in [7, 11) is 0. The van der Waals surface area contributed by atoms with Crippen LogP contribution in [-0.4, -0.2) is 48.1 Å². The van der Waals surface area contributed by atoms with Gasteiger partial charge >= 0.3 is 0 Å². The number of fused-ring (bicyclic) bond motifs is 1. The number of aromatic nitrogens is 1. The van der Waals surface area contributed by atoms with Crippen LogP contribution in [0, 0.1) is 0 Å². The van der Waals surface area contributed by atoms with Gasteiger partial charge in [0.05, 0.1) is 23.3 Å². The highest BCUT2D eigenvalue weighted by molar-refractivity contribution is 6.35. The molecule has 22 heavy (non-hydrogen) atoms. The van der Waals surface area contributed by atoms with Crippen molar-refractivity contribution in [1.82, 2.24) is 9.88 Å². The van der Waals surface area contributed by atoms with Gasteiger partial charge in [-0.15, -0.1) is 0 Å². The lowest BCUT2D eigenvalue weighted by atomic mass is 10.2. The van der Waals surface area contributed by atoms with Crippen LogP contribution in [0.25, 0.3) is 10.9 Å². The standard InChI is InChI=1S/C16H18ClN3O2/c1-11(21)20-7-8-22-13(10-20)9-18-15-6-5-12-3-2-4-14(17)16(12)19-15/h2-6,13H,7-10H2,1H3,(H,18,19)/t13-/m1/s1. The van der Waals surface area contributed by atoms with Crippen LogP contribution in [0.1, 0.15) is 6.92 Å². The Hall–Kier alpha value is -1.85. The fourth-order valence-corrected chi connectivity index (χ4v) is 2.78. The summed E-state index contributed by atoms with van der Waals surface area (Å²) < 4.78 is 5.68. The fraction of sp³-hybridized carbons (Fsp3) is 0.375. The molecular weight excluding hydrogens is 302 g/mol. The Kier molecular flexibility index (Phi) is 4.45. The molecule has 0 bridgehead atoms. The van der Waals surface area contributed by atoms with E-state index < -0.39 is 0 Å². The second-order valence-electron chi connectivity index (χ2n) is 5.35. The Morgan fingerprint density at radius 1 is 1.45 bits per heavy atom. The first kappa shape index (κ1) is 15.1. The molecule has 1 saturated heterocycles. The van der Waals surface area contributed by atoms with E-state index in [1.165, 1.54) is 0 Å². The molecule has 0 unspecified atom stereocenters. The molecule has 2 heterocycles. The normalized spacial score (nSPS) is 18.5. The third kappa shape index (κ3) is 3.31. The monoisotopic (exact) mass is 319 g/mol. The number of amides is 1. The van der Waals surface area contributed by atoms with Crippen LogP contribution in [0.15, 0.2) is 30.3 Å². The molecule has 3 rings (SSSR count). The molecule has 1 N–H and O–H groups in total. The summed E-state index contributed by atoms with van der Waals surface area (Å²) >= 11 is 6.17. The molecule has 0 aliphatic carbocycles. The van der Waals surface area contributed by atoms with Gasteiger partial charge in [-0.3, -0.25) is 4.79 Å². The molecule has 1 aliphatic rings. The number of pyridine rings is 1. The first-order valence-electron chi connectivity index (χ1n) is 7.30. The third-order valence-electron chi connectivity index (χ3n) is 3.77. The molecular formula is C16H18ClN3O2. The van der Waals surface area contributed by atoms with E-state index in [4.69, 9.17) is 16.3 Å².